The number of imide groups is 1. The molecule has 7 nitrogen and oxygen atoms in total. The molecule has 0 spiro atoms. The molecule has 0 saturated carbocycles. The number of carbonyl (C=O) groups is 3. The third-order valence-electron chi connectivity index (χ3n) is 5.72. The van der Waals surface area contributed by atoms with E-state index in [9.17, 15) is 19.5 Å². The topological polar surface area (TPSA) is 90.0 Å². The Kier molecular flexibility index (Phi) is 7.26. The van der Waals surface area contributed by atoms with E-state index in [-0.39, 0.29) is 30.2 Å². The van der Waals surface area contributed by atoms with Crippen LogP contribution in [-0.4, -0.2) is 58.9 Å². The van der Waals surface area contributed by atoms with Crippen LogP contribution in [-0.2, 0) is 14.4 Å². The van der Waals surface area contributed by atoms with Crippen molar-refractivity contribution in [2.45, 2.75) is 46.0 Å². The molecule has 1 aromatic rings. The largest absolute Gasteiger partial charge is 0.396 e. The molecule has 2 aliphatic heterocycles. The quantitative estimate of drug-likeness (QED) is 0.505. The minimum atomic E-state index is -0.260. The highest BCUT2D eigenvalue weighted by atomic mass is 16.3. The zero-order chi connectivity index (χ0) is 21.7. The van der Waals surface area contributed by atoms with Gasteiger partial charge in [-0.3, -0.25) is 19.3 Å². The first-order valence-electron chi connectivity index (χ1n) is 10.8. The van der Waals surface area contributed by atoms with E-state index in [0.29, 0.717) is 42.2 Å². The van der Waals surface area contributed by atoms with Crippen molar-refractivity contribution in [2.24, 2.45) is 5.92 Å². The molecule has 2 heterocycles. The summed E-state index contributed by atoms with van der Waals surface area (Å²) in [4.78, 5) is 41.2. The normalized spacial score (nSPS) is 19.6. The van der Waals surface area contributed by atoms with Crippen LogP contribution in [0, 0.1) is 5.92 Å². The first kappa shape index (κ1) is 22.0. The van der Waals surface area contributed by atoms with Gasteiger partial charge in [0.2, 0.25) is 5.91 Å². The average Bonchev–Trinajstić information content (AvgIpc) is 2.99. The van der Waals surface area contributed by atoms with Gasteiger partial charge in [-0.15, -0.1) is 0 Å². The maximum Gasteiger partial charge on any atom is 0.277 e. The van der Waals surface area contributed by atoms with Crippen molar-refractivity contribution in [3.8, 4) is 0 Å². The molecular weight excluding hydrogens is 382 g/mol. The lowest BCUT2D eigenvalue weighted by Gasteiger charge is -2.34. The van der Waals surface area contributed by atoms with Crippen LogP contribution >= 0.6 is 0 Å². The molecule has 0 radical (unpaired) electrons. The Labute approximate surface area is 177 Å². The van der Waals surface area contributed by atoms with Gasteiger partial charge in [-0.1, -0.05) is 31.9 Å². The second kappa shape index (κ2) is 9.89. The number of benzene rings is 1. The molecule has 3 amide bonds. The second-order valence-electron chi connectivity index (χ2n) is 8.09. The fraction of sp³-hybridized carbons (Fsp3) is 0.522. The molecular formula is C23H31N3O4. The number of likely N-dealkylation sites (tertiary alicyclic amines) is 1. The summed E-state index contributed by atoms with van der Waals surface area (Å²) in [6, 6.07) is 7.03. The number of anilines is 1. The van der Waals surface area contributed by atoms with E-state index in [1.165, 1.54) is 11.8 Å². The van der Waals surface area contributed by atoms with E-state index in [4.69, 9.17) is 0 Å². The Hall–Kier alpha value is -2.67. The summed E-state index contributed by atoms with van der Waals surface area (Å²) >= 11 is 0. The average molecular weight is 414 g/mol. The number of unbranched alkanes of at least 4 members (excludes halogenated alkanes) is 2. The van der Waals surface area contributed by atoms with Gasteiger partial charge < -0.3 is 15.3 Å². The number of hydrogen-bond acceptors (Lipinski definition) is 5. The molecule has 0 aromatic heterocycles. The molecule has 0 aliphatic carbocycles. The number of piperidine rings is 1. The van der Waals surface area contributed by atoms with Crippen molar-refractivity contribution >= 4 is 29.0 Å². The highest BCUT2D eigenvalue weighted by Gasteiger charge is 2.42. The van der Waals surface area contributed by atoms with Crippen molar-refractivity contribution < 1.29 is 19.5 Å². The summed E-state index contributed by atoms with van der Waals surface area (Å²) < 4.78 is 0. The van der Waals surface area contributed by atoms with Crippen LogP contribution in [0.2, 0.25) is 0 Å². The maximum absolute atomic E-state index is 13.3. The molecule has 1 fully saturated rings. The molecule has 3 rings (SSSR count). The van der Waals surface area contributed by atoms with E-state index < -0.39 is 0 Å². The number of carbonyl (C=O) groups excluding carboxylic acids is 3. The fourth-order valence-corrected chi connectivity index (χ4v) is 4.18. The van der Waals surface area contributed by atoms with Crippen LogP contribution < -0.4 is 5.32 Å². The number of nitrogens with one attached hydrogen (secondary N) is 1. The molecule has 1 saturated heterocycles. The molecule has 1 unspecified atom stereocenters. The molecule has 2 aliphatic rings. The summed E-state index contributed by atoms with van der Waals surface area (Å²) in [7, 11) is 0. The number of amides is 3. The van der Waals surface area contributed by atoms with Crippen molar-refractivity contribution in [3.05, 3.63) is 35.5 Å². The molecule has 0 bridgehead atoms. The maximum atomic E-state index is 13.3. The number of hydrogen-bond donors (Lipinski definition) is 2. The van der Waals surface area contributed by atoms with Gasteiger partial charge in [-0.2, -0.15) is 0 Å². The van der Waals surface area contributed by atoms with Gasteiger partial charge in [-0.05, 0) is 42.9 Å². The third kappa shape index (κ3) is 4.73. The summed E-state index contributed by atoms with van der Waals surface area (Å²) in [5.41, 5.74) is 2.18. The van der Waals surface area contributed by atoms with E-state index >= 15 is 0 Å². The third-order valence-corrected chi connectivity index (χ3v) is 5.72. The van der Waals surface area contributed by atoms with Crippen LogP contribution in [0.1, 0.15) is 51.5 Å². The zero-order valence-corrected chi connectivity index (χ0v) is 17.8. The standard InChI is InChI=1S/C23H31N3O4/c1-3-4-5-13-26-22(29)20(18-8-10-19(11-9-18)24-16(2)28)21(23(26)30)25-12-6-7-17(14-25)15-27/h8-11,17,27H,3-7,12-15H2,1-2H3,(H,24,28). The highest BCUT2D eigenvalue weighted by Crippen LogP contribution is 2.34. The minimum Gasteiger partial charge on any atom is -0.396 e. The van der Waals surface area contributed by atoms with Gasteiger partial charge in [-0.25, -0.2) is 0 Å². The monoisotopic (exact) mass is 413 g/mol. The summed E-state index contributed by atoms with van der Waals surface area (Å²) in [6.07, 6.45) is 4.56. The predicted octanol–water partition coefficient (Wildman–Crippen LogP) is 2.62. The molecule has 30 heavy (non-hydrogen) atoms. The van der Waals surface area contributed by atoms with Gasteiger partial charge in [0, 0.05) is 38.9 Å². The van der Waals surface area contributed by atoms with Gasteiger partial charge >= 0.3 is 0 Å². The van der Waals surface area contributed by atoms with E-state index in [2.05, 4.69) is 12.2 Å². The van der Waals surface area contributed by atoms with E-state index in [1.807, 2.05) is 4.90 Å². The van der Waals surface area contributed by atoms with Gasteiger partial charge in [0.25, 0.3) is 11.8 Å². The van der Waals surface area contributed by atoms with Gasteiger partial charge in [0.05, 0.1) is 5.57 Å². The van der Waals surface area contributed by atoms with Gasteiger partial charge in [0.1, 0.15) is 5.70 Å². The number of aliphatic hydroxyl groups excluding tert-OH is 1. The molecule has 162 valence electrons. The lowest BCUT2D eigenvalue weighted by atomic mass is 9.97. The van der Waals surface area contributed by atoms with E-state index in [1.54, 1.807) is 24.3 Å². The summed E-state index contributed by atoms with van der Waals surface area (Å²) in [5, 5.41) is 12.3. The Morgan fingerprint density at radius 2 is 1.90 bits per heavy atom. The van der Waals surface area contributed by atoms with Crippen molar-refractivity contribution in [1.29, 1.82) is 0 Å². The minimum absolute atomic E-state index is 0.0763. The van der Waals surface area contributed by atoms with Crippen LogP contribution in [0.15, 0.2) is 30.0 Å². The first-order valence-corrected chi connectivity index (χ1v) is 10.8. The van der Waals surface area contributed by atoms with Crippen molar-refractivity contribution in [2.75, 3.05) is 31.6 Å². The highest BCUT2D eigenvalue weighted by molar-refractivity contribution is 6.35. The van der Waals surface area contributed by atoms with Crippen LogP contribution in [0.25, 0.3) is 5.57 Å². The van der Waals surface area contributed by atoms with Crippen LogP contribution in [0.4, 0.5) is 5.69 Å². The van der Waals surface area contributed by atoms with Crippen molar-refractivity contribution in [1.82, 2.24) is 9.80 Å². The predicted molar refractivity (Wildman–Crippen MR) is 115 cm³/mol. The first-order chi connectivity index (χ1) is 14.5. The number of rotatable bonds is 8. The van der Waals surface area contributed by atoms with Crippen molar-refractivity contribution in [3.63, 3.8) is 0 Å². The zero-order valence-electron chi connectivity index (χ0n) is 17.8. The van der Waals surface area contributed by atoms with Gasteiger partial charge in [0.15, 0.2) is 0 Å². The molecule has 1 atom stereocenters. The Morgan fingerprint density at radius 3 is 2.53 bits per heavy atom. The Morgan fingerprint density at radius 1 is 1.17 bits per heavy atom. The smallest absolute Gasteiger partial charge is 0.277 e. The fourth-order valence-electron chi connectivity index (χ4n) is 4.18. The lowest BCUT2D eigenvalue weighted by Crippen LogP contribution is -2.40. The van der Waals surface area contributed by atoms with Crippen LogP contribution in [0.3, 0.4) is 0 Å². The lowest BCUT2D eigenvalue weighted by molar-refractivity contribution is -0.137. The van der Waals surface area contributed by atoms with E-state index in [0.717, 1.165) is 32.1 Å². The Bertz CT molecular complexity index is 831. The Balaban J connectivity index is 1.95. The summed E-state index contributed by atoms with van der Waals surface area (Å²) in [6.45, 7) is 5.28. The summed E-state index contributed by atoms with van der Waals surface area (Å²) in [5.74, 6) is -0.563. The molecule has 7 heteroatoms. The number of nitrogens with zero attached hydrogens (tertiary/aromatic N) is 2. The second-order valence-corrected chi connectivity index (χ2v) is 8.09. The molecule has 1 aromatic carbocycles. The molecule has 2 N–H and O–H groups in total. The SMILES string of the molecule is CCCCCN1C(=O)C(c2ccc(NC(C)=O)cc2)=C(N2CCCC(CO)C2)C1=O. The number of aliphatic hydroxyl groups is 1. The van der Waals surface area contributed by atoms with Crippen LogP contribution in [0.5, 0.6) is 0 Å².